The summed E-state index contributed by atoms with van der Waals surface area (Å²) in [4.78, 5) is 22.3. The van der Waals surface area contributed by atoms with Crippen LogP contribution in [0.4, 0.5) is 8.78 Å². The fourth-order valence-electron chi connectivity index (χ4n) is 3.22. The number of hydrogen-bond donors (Lipinski definition) is 0. The molecular weight excluding hydrogens is 446 g/mol. The highest BCUT2D eigenvalue weighted by Gasteiger charge is 2.30. The second-order valence-corrected chi connectivity index (χ2v) is 9.06. The zero-order valence-corrected chi connectivity index (χ0v) is 17.8. The van der Waals surface area contributed by atoms with Gasteiger partial charge in [0.05, 0.1) is 21.8 Å². The van der Waals surface area contributed by atoms with Crippen LogP contribution in [0.15, 0.2) is 50.9 Å². The van der Waals surface area contributed by atoms with Gasteiger partial charge in [-0.25, -0.2) is 13.8 Å². The molecule has 2 aromatic carbocycles. The number of rotatable bonds is 5. The number of aromatic nitrogens is 4. The molecule has 0 radical (unpaired) electrons. The van der Waals surface area contributed by atoms with Crippen molar-refractivity contribution in [3.8, 4) is 5.69 Å². The largest absolute Gasteiger partial charge is 0.338 e. The van der Waals surface area contributed by atoms with Crippen molar-refractivity contribution in [3.05, 3.63) is 75.1 Å². The van der Waals surface area contributed by atoms with Crippen LogP contribution in [0.5, 0.6) is 0 Å². The molecule has 0 spiro atoms. The van der Waals surface area contributed by atoms with Gasteiger partial charge in [-0.05, 0) is 50.1 Å². The molecule has 0 N–H and O–H groups in total. The molecule has 1 atom stereocenters. The van der Waals surface area contributed by atoms with Crippen molar-refractivity contribution < 1.29 is 13.3 Å². The third-order valence-electron chi connectivity index (χ3n) is 4.98. The van der Waals surface area contributed by atoms with Gasteiger partial charge >= 0.3 is 0 Å². The van der Waals surface area contributed by atoms with Crippen LogP contribution in [0.25, 0.3) is 16.6 Å². The summed E-state index contributed by atoms with van der Waals surface area (Å²) in [6.45, 7) is 1.83. The van der Waals surface area contributed by atoms with E-state index in [9.17, 15) is 13.6 Å². The Kier molecular flexibility index (Phi) is 5.02. The predicted octanol–water partition coefficient (Wildman–Crippen LogP) is 5.43. The SMILES string of the molecule is CC(Sc1nc2ccc(Cl)cc2c(=O)n1-c1ccc(F)cc1F)c1nc(C2CC2)no1. The van der Waals surface area contributed by atoms with E-state index < -0.39 is 17.2 Å². The fraction of sp³-hybridized carbons (Fsp3) is 0.238. The monoisotopic (exact) mass is 460 g/mol. The normalized spacial score (nSPS) is 14.8. The van der Waals surface area contributed by atoms with Crippen LogP contribution in [0.2, 0.25) is 5.02 Å². The molecule has 0 aliphatic heterocycles. The molecule has 4 aromatic rings. The summed E-state index contributed by atoms with van der Waals surface area (Å²) in [5.74, 6) is -0.223. The zero-order valence-electron chi connectivity index (χ0n) is 16.2. The van der Waals surface area contributed by atoms with E-state index in [1.165, 1.54) is 23.9 Å². The lowest BCUT2D eigenvalue weighted by Gasteiger charge is -2.15. The van der Waals surface area contributed by atoms with Gasteiger partial charge in [0.1, 0.15) is 11.6 Å². The second kappa shape index (κ2) is 7.72. The summed E-state index contributed by atoms with van der Waals surface area (Å²) in [6.07, 6.45) is 2.08. The standard InChI is InChI=1S/C21H15ClF2N4O2S/c1-10(19-26-18(27-30-19)11-2-3-11)31-21-25-16-6-4-12(22)8-14(16)20(29)28(21)17-7-5-13(23)9-15(17)24/h4-11H,2-3H2,1H3. The number of benzene rings is 2. The minimum atomic E-state index is -0.881. The van der Waals surface area contributed by atoms with Crippen molar-refractivity contribution in [2.45, 2.75) is 36.1 Å². The van der Waals surface area contributed by atoms with Crippen molar-refractivity contribution >= 4 is 34.3 Å². The minimum absolute atomic E-state index is 0.111. The van der Waals surface area contributed by atoms with Crippen molar-refractivity contribution in [1.29, 1.82) is 0 Å². The topological polar surface area (TPSA) is 73.8 Å². The van der Waals surface area contributed by atoms with E-state index >= 15 is 0 Å². The molecule has 10 heteroatoms. The van der Waals surface area contributed by atoms with E-state index in [-0.39, 0.29) is 21.5 Å². The van der Waals surface area contributed by atoms with Gasteiger partial charge in [-0.2, -0.15) is 4.98 Å². The number of nitrogens with zero attached hydrogens (tertiary/aromatic N) is 4. The van der Waals surface area contributed by atoms with E-state index in [4.69, 9.17) is 16.1 Å². The van der Waals surface area contributed by atoms with Gasteiger partial charge in [0.15, 0.2) is 11.0 Å². The summed E-state index contributed by atoms with van der Waals surface area (Å²) < 4.78 is 34.6. The molecule has 2 aromatic heterocycles. The molecule has 1 saturated carbocycles. The average Bonchev–Trinajstić information content (AvgIpc) is 3.46. The first-order chi connectivity index (χ1) is 14.9. The Labute approximate surface area is 184 Å². The Morgan fingerprint density at radius 2 is 2.00 bits per heavy atom. The Balaban J connectivity index is 1.64. The van der Waals surface area contributed by atoms with Crippen LogP contribution >= 0.6 is 23.4 Å². The molecule has 1 aliphatic rings. The van der Waals surface area contributed by atoms with Gasteiger partial charge in [-0.1, -0.05) is 28.5 Å². The van der Waals surface area contributed by atoms with E-state index in [2.05, 4.69) is 15.1 Å². The van der Waals surface area contributed by atoms with Gasteiger partial charge in [0.2, 0.25) is 5.89 Å². The van der Waals surface area contributed by atoms with Crippen LogP contribution < -0.4 is 5.56 Å². The third-order valence-corrected chi connectivity index (χ3v) is 6.25. The minimum Gasteiger partial charge on any atom is -0.338 e. The lowest BCUT2D eigenvalue weighted by Crippen LogP contribution is -2.23. The lowest BCUT2D eigenvalue weighted by atomic mass is 10.2. The van der Waals surface area contributed by atoms with Crippen molar-refractivity contribution in [1.82, 2.24) is 19.7 Å². The summed E-state index contributed by atoms with van der Waals surface area (Å²) in [6, 6.07) is 7.74. The molecule has 158 valence electrons. The second-order valence-electron chi connectivity index (χ2n) is 7.32. The maximum Gasteiger partial charge on any atom is 0.266 e. The van der Waals surface area contributed by atoms with Crippen molar-refractivity contribution in [3.63, 3.8) is 0 Å². The molecule has 1 aliphatic carbocycles. The quantitative estimate of drug-likeness (QED) is 0.292. The Morgan fingerprint density at radius 3 is 2.74 bits per heavy atom. The maximum atomic E-state index is 14.6. The molecule has 5 rings (SSSR count). The highest BCUT2D eigenvalue weighted by atomic mass is 35.5. The molecule has 1 fully saturated rings. The Hall–Kier alpha value is -2.78. The first kappa shape index (κ1) is 20.1. The molecule has 0 bridgehead atoms. The Bertz CT molecular complexity index is 1370. The zero-order chi connectivity index (χ0) is 21.7. The summed E-state index contributed by atoms with van der Waals surface area (Å²) in [5, 5.41) is 4.45. The number of fused-ring (bicyclic) bond motifs is 1. The molecule has 6 nitrogen and oxygen atoms in total. The van der Waals surface area contributed by atoms with Crippen molar-refractivity contribution in [2.75, 3.05) is 0 Å². The van der Waals surface area contributed by atoms with Gasteiger partial charge in [-0.15, -0.1) is 0 Å². The highest BCUT2D eigenvalue weighted by Crippen LogP contribution is 2.40. The molecular formula is C21H15ClF2N4O2S. The fourth-order valence-corrected chi connectivity index (χ4v) is 4.34. The van der Waals surface area contributed by atoms with Gasteiger partial charge in [0, 0.05) is 17.0 Å². The number of thioether (sulfide) groups is 1. The smallest absolute Gasteiger partial charge is 0.266 e. The molecule has 0 saturated heterocycles. The lowest BCUT2D eigenvalue weighted by molar-refractivity contribution is 0.374. The maximum absolute atomic E-state index is 14.6. The van der Waals surface area contributed by atoms with Gasteiger partial charge in [-0.3, -0.25) is 9.36 Å². The van der Waals surface area contributed by atoms with E-state index in [0.29, 0.717) is 28.2 Å². The van der Waals surface area contributed by atoms with Crippen LogP contribution in [0, 0.1) is 11.6 Å². The van der Waals surface area contributed by atoms with Crippen LogP contribution in [0.3, 0.4) is 0 Å². The summed E-state index contributed by atoms with van der Waals surface area (Å²) in [5.41, 5.74) is -0.219. The highest BCUT2D eigenvalue weighted by molar-refractivity contribution is 7.99. The first-order valence-electron chi connectivity index (χ1n) is 9.58. The van der Waals surface area contributed by atoms with Crippen LogP contribution in [0.1, 0.15) is 42.6 Å². The molecule has 1 unspecified atom stereocenters. The van der Waals surface area contributed by atoms with Gasteiger partial charge < -0.3 is 4.52 Å². The van der Waals surface area contributed by atoms with Crippen molar-refractivity contribution in [2.24, 2.45) is 0 Å². The van der Waals surface area contributed by atoms with Crippen LogP contribution in [-0.2, 0) is 0 Å². The van der Waals surface area contributed by atoms with E-state index in [1.807, 2.05) is 6.92 Å². The number of halogens is 3. The first-order valence-corrected chi connectivity index (χ1v) is 10.8. The Morgan fingerprint density at radius 1 is 1.19 bits per heavy atom. The van der Waals surface area contributed by atoms with E-state index in [0.717, 1.165) is 29.5 Å². The predicted molar refractivity (Wildman–Crippen MR) is 113 cm³/mol. The van der Waals surface area contributed by atoms with Gasteiger partial charge in [0.25, 0.3) is 5.56 Å². The molecule has 0 amide bonds. The number of hydrogen-bond acceptors (Lipinski definition) is 6. The molecule has 31 heavy (non-hydrogen) atoms. The average molecular weight is 461 g/mol. The molecule has 2 heterocycles. The van der Waals surface area contributed by atoms with E-state index in [1.54, 1.807) is 12.1 Å². The third kappa shape index (κ3) is 3.83. The van der Waals surface area contributed by atoms with Crippen LogP contribution in [-0.4, -0.2) is 19.7 Å². The summed E-state index contributed by atoms with van der Waals surface area (Å²) in [7, 11) is 0. The summed E-state index contributed by atoms with van der Waals surface area (Å²) >= 11 is 7.22.